The highest BCUT2D eigenvalue weighted by Crippen LogP contribution is 2.13. The number of aliphatic hydroxyl groups is 1. The number of nitrogens with one attached hydrogen (secondary N) is 1. The van der Waals surface area contributed by atoms with E-state index in [0.717, 1.165) is 12.1 Å². The number of amides is 1. The van der Waals surface area contributed by atoms with Gasteiger partial charge in [0.1, 0.15) is 5.82 Å². The second-order valence-corrected chi connectivity index (χ2v) is 4.33. The van der Waals surface area contributed by atoms with Crippen LogP contribution in [0.3, 0.4) is 0 Å². The summed E-state index contributed by atoms with van der Waals surface area (Å²) < 4.78 is 13.2. The van der Waals surface area contributed by atoms with Crippen molar-refractivity contribution in [3.05, 3.63) is 33.1 Å². The maximum absolute atomic E-state index is 12.8. The molecule has 0 spiro atoms. The van der Waals surface area contributed by atoms with Gasteiger partial charge in [-0.1, -0.05) is 0 Å². The summed E-state index contributed by atoms with van der Waals surface area (Å²) in [5, 5.41) is 19.5. The molecule has 0 fully saturated rings. The lowest BCUT2D eigenvalue weighted by Crippen LogP contribution is -2.43. The molecule has 1 amide bonds. The van der Waals surface area contributed by atoms with Gasteiger partial charge >= 0.3 is 5.97 Å². The number of aliphatic hydroxyl groups excluding tert-OH is 1. The smallest absolute Gasteiger partial charge is 0.328 e. The molecule has 0 aliphatic rings. The largest absolute Gasteiger partial charge is 0.480 e. The Morgan fingerprint density at radius 3 is 2.59 bits per heavy atom. The van der Waals surface area contributed by atoms with Gasteiger partial charge in [0, 0.05) is 3.57 Å². The van der Waals surface area contributed by atoms with Gasteiger partial charge in [0.25, 0.3) is 5.91 Å². The van der Waals surface area contributed by atoms with Gasteiger partial charge < -0.3 is 15.5 Å². The molecule has 1 atom stereocenters. The van der Waals surface area contributed by atoms with Crippen molar-refractivity contribution < 1.29 is 24.2 Å². The van der Waals surface area contributed by atoms with Crippen LogP contribution in [-0.4, -0.2) is 34.7 Å². The van der Waals surface area contributed by atoms with E-state index in [-0.39, 0.29) is 5.56 Å². The molecule has 17 heavy (non-hydrogen) atoms. The van der Waals surface area contributed by atoms with Crippen LogP contribution < -0.4 is 5.32 Å². The first-order chi connectivity index (χ1) is 7.95. The van der Waals surface area contributed by atoms with Gasteiger partial charge in [-0.15, -0.1) is 0 Å². The number of aliphatic carboxylic acids is 1. The Morgan fingerprint density at radius 2 is 2.12 bits per heavy atom. The molecular weight excluding hydrogens is 344 g/mol. The van der Waals surface area contributed by atoms with Crippen molar-refractivity contribution in [2.24, 2.45) is 0 Å². The van der Waals surface area contributed by atoms with Crippen LogP contribution in [0.5, 0.6) is 0 Å². The SMILES string of the molecule is O=C(NC(CO)C(=O)O)c1ccc(F)cc1I. The van der Waals surface area contributed by atoms with Gasteiger partial charge in [0.05, 0.1) is 12.2 Å². The van der Waals surface area contributed by atoms with E-state index in [4.69, 9.17) is 10.2 Å². The third-order valence-corrected chi connectivity index (χ3v) is 2.85. The van der Waals surface area contributed by atoms with E-state index in [2.05, 4.69) is 5.32 Å². The summed E-state index contributed by atoms with van der Waals surface area (Å²) >= 11 is 1.77. The number of carboxylic acid groups (broad SMARTS) is 1. The molecule has 0 radical (unpaired) electrons. The Bertz CT molecular complexity index is 452. The number of hydrogen-bond donors (Lipinski definition) is 3. The minimum absolute atomic E-state index is 0.159. The van der Waals surface area contributed by atoms with Crippen LogP contribution >= 0.6 is 22.6 Å². The van der Waals surface area contributed by atoms with Gasteiger partial charge in [-0.3, -0.25) is 4.79 Å². The molecule has 3 N–H and O–H groups in total. The van der Waals surface area contributed by atoms with Crippen molar-refractivity contribution in [3.8, 4) is 0 Å². The van der Waals surface area contributed by atoms with Crippen molar-refractivity contribution in [1.29, 1.82) is 0 Å². The van der Waals surface area contributed by atoms with Crippen LogP contribution in [0.25, 0.3) is 0 Å². The molecule has 1 rings (SSSR count). The second kappa shape index (κ2) is 5.92. The average Bonchev–Trinajstić information content (AvgIpc) is 2.24. The summed E-state index contributed by atoms with van der Waals surface area (Å²) in [5.41, 5.74) is 0.159. The summed E-state index contributed by atoms with van der Waals surface area (Å²) in [4.78, 5) is 22.2. The molecule has 1 unspecified atom stereocenters. The molecular formula is C10H9FINO4. The Morgan fingerprint density at radius 1 is 1.47 bits per heavy atom. The fourth-order valence-corrected chi connectivity index (χ4v) is 1.82. The number of halogens is 2. The number of hydrogen-bond acceptors (Lipinski definition) is 3. The standard InChI is InChI=1S/C10H9FINO4/c11-5-1-2-6(7(12)3-5)9(15)13-8(4-14)10(16)17/h1-3,8,14H,4H2,(H,13,15)(H,16,17). The highest BCUT2D eigenvalue weighted by molar-refractivity contribution is 14.1. The molecule has 92 valence electrons. The first-order valence-corrected chi connectivity index (χ1v) is 5.63. The summed E-state index contributed by atoms with van der Waals surface area (Å²) in [6.45, 7) is -0.709. The summed E-state index contributed by atoms with van der Waals surface area (Å²) in [7, 11) is 0. The zero-order chi connectivity index (χ0) is 13.0. The van der Waals surface area contributed by atoms with Crippen LogP contribution in [0, 0.1) is 9.39 Å². The number of carboxylic acids is 1. The van der Waals surface area contributed by atoms with Gasteiger partial charge in [-0.2, -0.15) is 0 Å². The molecule has 0 heterocycles. The van der Waals surface area contributed by atoms with Crippen molar-refractivity contribution in [1.82, 2.24) is 5.32 Å². The van der Waals surface area contributed by atoms with E-state index in [1.54, 1.807) is 22.6 Å². The van der Waals surface area contributed by atoms with Crippen molar-refractivity contribution in [2.45, 2.75) is 6.04 Å². The molecule has 7 heteroatoms. The predicted octanol–water partition coefficient (Wildman–Crippen LogP) is 0.606. The maximum Gasteiger partial charge on any atom is 0.328 e. The van der Waals surface area contributed by atoms with Crippen molar-refractivity contribution >= 4 is 34.5 Å². The van der Waals surface area contributed by atoms with Crippen LogP contribution in [0.1, 0.15) is 10.4 Å². The van der Waals surface area contributed by atoms with E-state index in [0.29, 0.717) is 3.57 Å². The molecule has 0 aliphatic heterocycles. The normalized spacial score (nSPS) is 11.9. The van der Waals surface area contributed by atoms with E-state index >= 15 is 0 Å². The molecule has 0 bridgehead atoms. The first kappa shape index (κ1) is 13.8. The average molecular weight is 353 g/mol. The van der Waals surface area contributed by atoms with Crippen LogP contribution in [0.15, 0.2) is 18.2 Å². The zero-order valence-electron chi connectivity index (χ0n) is 8.48. The molecule has 0 saturated carbocycles. The van der Waals surface area contributed by atoms with Crippen molar-refractivity contribution in [3.63, 3.8) is 0 Å². The number of benzene rings is 1. The Kier molecular flexibility index (Phi) is 4.82. The van der Waals surface area contributed by atoms with Gasteiger partial charge in [0.15, 0.2) is 6.04 Å². The highest BCUT2D eigenvalue weighted by atomic mass is 127. The van der Waals surface area contributed by atoms with Crippen LogP contribution in [0.4, 0.5) is 4.39 Å². The molecule has 0 aromatic heterocycles. The Balaban J connectivity index is 2.86. The molecule has 1 aromatic carbocycles. The molecule has 5 nitrogen and oxygen atoms in total. The topological polar surface area (TPSA) is 86.6 Å². The number of carbonyl (C=O) groups excluding carboxylic acids is 1. The second-order valence-electron chi connectivity index (χ2n) is 3.17. The number of rotatable bonds is 4. The predicted molar refractivity (Wildman–Crippen MR) is 65.1 cm³/mol. The fourth-order valence-electron chi connectivity index (χ4n) is 1.10. The quantitative estimate of drug-likeness (QED) is 0.693. The van der Waals surface area contributed by atoms with Crippen molar-refractivity contribution in [2.75, 3.05) is 6.61 Å². The summed E-state index contributed by atoms with van der Waals surface area (Å²) in [6, 6.07) is 2.14. The van der Waals surface area contributed by atoms with Gasteiger partial charge in [-0.25, -0.2) is 9.18 Å². The lowest BCUT2D eigenvalue weighted by Gasteiger charge is -2.12. The lowest BCUT2D eigenvalue weighted by atomic mass is 10.2. The summed E-state index contributed by atoms with van der Waals surface area (Å²) in [5.74, 6) is -2.49. The van der Waals surface area contributed by atoms with E-state index in [1.807, 2.05) is 0 Å². The minimum atomic E-state index is -1.37. The van der Waals surface area contributed by atoms with E-state index in [1.165, 1.54) is 6.07 Å². The fraction of sp³-hybridized carbons (Fsp3) is 0.200. The number of carbonyl (C=O) groups is 2. The molecule has 0 aliphatic carbocycles. The van der Waals surface area contributed by atoms with Gasteiger partial charge in [0.2, 0.25) is 0 Å². The zero-order valence-corrected chi connectivity index (χ0v) is 10.6. The molecule has 0 saturated heterocycles. The van der Waals surface area contributed by atoms with Gasteiger partial charge in [-0.05, 0) is 40.8 Å². The van der Waals surface area contributed by atoms with Crippen LogP contribution in [-0.2, 0) is 4.79 Å². The Labute approximate surface area is 110 Å². The highest BCUT2D eigenvalue weighted by Gasteiger charge is 2.20. The first-order valence-electron chi connectivity index (χ1n) is 4.55. The maximum atomic E-state index is 12.8. The lowest BCUT2D eigenvalue weighted by molar-refractivity contribution is -0.140. The summed E-state index contributed by atoms with van der Waals surface area (Å²) in [6.07, 6.45) is 0. The van der Waals surface area contributed by atoms with E-state index in [9.17, 15) is 14.0 Å². The third kappa shape index (κ3) is 3.63. The third-order valence-electron chi connectivity index (χ3n) is 1.96. The van der Waals surface area contributed by atoms with E-state index < -0.39 is 30.3 Å². The molecule has 1 aromatic rings. The minimum Gasteiger partial charge on any atom is -0.480 e. The Hall–Kier alpha value is -1.22. The monoisotopic (exact) mass is 353 g/mol. The van der Waals surface area contributed by atoms with Crippen LogP contribution in [0.2, 0.25) is 0 Å².